The summed E-state index contributed by atoms with van der Waals surface area (Å²) in [6.45, 7) is 2.06. The zero-order valence-electron chi connectivity index (χ0n) is 10.3. The highest BCUT2D eigenvalue weighted by Crippen LogP contribution is 2.29. The Kier molecular flexibility index (Phi) is 3.54. The second-order valence-electron chi connectivity index (χ2n) is 5.16. The second kappa shape index (κ2) is 5.15. The van der Waals surface area contributed by atoms with Gasteiger partial charge in [0.2, 0.25) is 0 Å². The van der Waals surface area contributed by atoms with Crippen LogP contribution in [-0.2, 0) is 0 Å². The van der Waals surface area contributed by atoms with Crippen molar-refractivity contribution in [3.8, 4) is 0 Å². The summed E-state index contributed by atoms with van der Waals surface area (Å²) in [5, 5.41) is 0.829. The quantitative estimate of drug-likeness (QED) is 0.754. The number of hydrogen-bond donors (Lipinski definition) is 3. The summed E-state index contributed by atoms with van der Waals surface area (Å²) in [6.07, 6.45) is 2.48. The van der Waals surface area contributed by atoms with Crippen LogP contribution in [0.2, 0.25) is 5.02 Å². The van der Waals surface area contributed by atoms with E-state index in [4.69, 9.17) is 17.3 Å². The predicted molar refractivity (Wildman–Crippen MR) is 73.0 cm³/mol. The maximum Gasteiger partial charge on any atom is 0.0748 e. The molecule has 3 rings (SSSR count). The predicted octanol–water partition coefficient (Wildman–Crippen LogP) is 1.24. The molecule has 0 amide bonds. The lowest BCUT2D eigenvalue weighted by Crippen LogP contribution is -2.44. The molecule has 0 aliphatic carbocycles. The summed E-state index contributed by atoms with van der Waals surface area (Å²) in [7, 11) is 0. The van der Waals surface area contributed by atoms with Crippen molar-refractivity contribution in [2.45, 2.75) is 31.1 Å². The minimum Gasteiger partial charge on any atom is -0.326 e. The van der Waals surface area contributed by atoms with E-state index in [1.54, 1.807) is 0 Å². The van der Waals surface area contributed by atoms with E-state index in [2.05, 4.69) is 21.8 Å². The minimum atomic E-state index is 0.278. The van der Waals surface area contributed by atoms with Crippen molar-refractivity contribution in [3.63, 3.8) is 0 Å². The fourth-order valence-corrected chi connectivity index (χ4v) is 3.11. The average Bonchev–Trinajstić information content (AvgIpc) is 2.98. The second-order valence-corrected chi connectivity index (χ2v) is 5.57. The van der Waals surface area contributed by atoms with E-state index in [1.807, 2.05) is 18.2 Å². The van der Waals surface area contributed by atoms with E-state index in [9.17, 15) is 0 Å². The molecule has 3 atom stereocenters. The van der Waals surface area contributed by atoms with Crippen LogP contribution in [0.15, 0.2) is 24.3 Å². The Bertz CT molecular complexity index is 425. The van der Waals surface area contributed by atoms with Crippen LogP contribution in [0.1, 0.15) is 24.4 Å². The number of benzene rings is 1. The SMILES string of the molecule is NC1CCN(C2CC(c3ccccc3Cl)NN2)C1. The van der Waals surface area contributed by atoms with E-state index < -0.39 is 0 Å². The number of hydrogen-bond acceptors (Lipinski definition) is 4. The molecule has 18 heavy (non-hydrogen) atoms. The smallest absolute Gasteiger partial charge is 0.0748 e. The molecular formula is C13H19ClN4. The molecule has 2 aliphatic rings. The lowest BCUT2D eigenvalue weighted by Gasteiger charge is -2.22. The number of nitrogens with one attached hydrogen (secondary N) is 2. The molecule has 2 heterocycles. The highest BCUT2D eigenvalue weighted by Gasteiger charge is 2.33. The van der Waals surface area contributed by atoms with Gasteiger partial charge in [0.1, 0.15) is 0 Å². The molecule has 4 nitrogen and oxygen atoms in total. The van der Waals surface area contributed by atoms with Gasteiger partial charge in [0.25, 0.3) is 0 Å². The van der Waals surface area contributed by atoms with Gasteiger partial charge in [-0.25, -0.2) is 10.9 Å². The fraction of sp³-hybridized carbons (Fsp3) is 0.538. The molecule has 0 saturated carbocycles. The van der Waals surface area contributed by atoms with Gasteiger partial charge in [-0.05, 0) is 24.5 Å². The number of halogens is 1. The molecule has 0 radical (unpaired) electrons. The summed E-state index contributed by atoms with van der Waals surface area (Å²) < 4.78 is 0. The van der Waals surface area contributed by atoms with Crippen molar-refractivity contribution in [2.75, 3.05) is 13.1 Å². The molecule has 0 spiro atoms. The Morgan fingerprint density at radius 1 is 1.28 bits per heavy atom. The lowest BCUT2D eigenvalue weighted by molar-refractivity contribution is 0.215. The Labute approximate surface area is 112 Å². The fourth-order valence-electron chi connectivity index (χ4n) is 2.84. The third kappa shape index (κ3) is 2.39. The van der Waals surface area contributed by atoms with Crippen LogP contribution in [0.5, 0.6) is 0 Å². The summed E-state index contributed by atoms with van der Waals surface area (Å²) in [6, 6.07) is 8.62. The monoisotopic (exact) mass is 266 g/mol. The van der Waals surface area contributed by atoms with E-state index in [0.717, 1.165) is 36.5 Å². The molecule has 0 aromatic heterocycles. The van der Waals surface area contributed by atoms with E-state index in [1.165, 1.54) is 0 Å². The zero-order chi connectivity index (χ0) is 12.5. The van der Waals surface area contributed by atoms with Crippen molar-refractivity contribution in [1.82, 2.24) is 15.8 Å². The van der Waals surface area contributed by atoms with Crippen LogP contribution in [0.3, 0.4) is 0 Å². The molecule has 98 valence electrons. The Balaban J connectivity index is 1.67. The van der Waals surface area contributed by atoms with Gasteiger partial charge in [-0.2, -0.15) is 0 Å². The summed E-state index contributed by atoms with van der Waals surface area (Å²) in [4.78, 5) is 2.41. The van der Waals surface area contributed by atoms with Gasteiger partial charge in [0, 0.05) is 24.2 Å². The van der Waals surface area contributed by atoms with Crippen LogP contribution in [0.4, 0.5) is 0 Å². The highest BCUT2D eigenvalue weighted by atomic mass is 35.5. The van der Waals surface area contributed by atoms with Gasteiger partial charge in [0.15, 0.2) is 0 Å². The molecule has 1 aromatic carbocycles. The van der Waals surface area contributed by atoms with Crippen molar-refractivity contribution in [2.24, 2.45) is 5.73 Å². The zero-order valence-corrected chi connectivity index (χ0v) is 11.0. The van der Waals surface area contributed by atoms with Crippen LogP contribution in [0.25, 0.3) is 0 Å². The number of nitrogens with zero attached hydrogens (tertiary/aromatic N) is 1. The maximum atomic E-state index is 6.23. The molecule has 1 aromatic rings. The van der Waals surface area contributed by atoms with E-state index in [-0.39, 0.29) is 6.04 Å². The molecule has 2 fully saturated rings. The largest absolute Gasteiger partial charge is 0.326 e. The first kappa shape index (κ1) is 12.4. The first-order chi connectivity index (χ1) is 8.74. The molecule has 0 bridgehead atoms. The molecule has 2 saturated heterocycles. The molecule has 3 unspecified atom stereocenters. The molecule has 2 aliphatic heterocycles. The number of rotatable bonds is 2. The van der Waals surface area contributed by atoms with Gasteiger partial charge in [0.05, 0.1) is 12.2 Å². The first-order valence-corrected chi connectivity index (χ1v) is 6.87. The first-order valence-electron chi connectivity index (χ1n) is 6.49. The Morgan fingerprint density at radius 3 is 2.83 bits per heavy atom. The minimum absolute atomic E-state index is 0.278. The van der Waals surface area contributed by atoms with Crippen molar-refractivity contribution >= 4 is 11.6 Å². The number of likely N-dealkylation sites (tertiary alicyclic amines) is 1. The van der Waals surface area contributed by atoms with Crippen molar-refractivity contribution in [3.05, 3.63) is 34.9 Å². The van der Waals surface area contributed by atoms with Gasteiger partial charge in [-0.1, -0.05) is 29.8 Å². The number of hydrazine groups is 1. The Hall–Kier alpha value is -0.650. The van der Waals surface area contributed by atoms with Crippen molar-refractivity contribution in [1.29, 1.82) is 0 Å². The van der Waals surface area contributed by atoms with Gasteiger partial charge < -0.3 is 5.73 Å². The average molecular weight is 267 g/mol. The van der Waals surface area contributed by atoms with Crippen LogP contribution >= 0.6 is 11.6 Å². The summed E-state index contributed by atoms with van der Waals surface area (Å²) in [5.74, 6) is 0. The van der Waals surface area contributed by atoms with Gasteiger partial charge in [-0.15, -0.1) is 0 Å². The third-order valence-electron chi connectivity index (χ3n) is 3.86. The number of nitrogens with two attached hydrogens (primary N) is 1. The topological polar surface area (TPSA) is 53.3 Å². The standard InChI is InChI=1S/C13H19ClN4/c14-11-4-2-1-3-10(11)12-7-13(17-16-12)18-6-5-9(15)8-18/h1-4,9,12-13,16-17H,5-8,15H2. The molecule has 4 N–H and O–H groups in total. The Morgan fingerprint density at radius 2 is 2.11 bits per heavy atom. The van der Waals surface area contributed by atoms with Crippen LogP contribution in [-0.4, -0.2) is 30.2 Å². The normalized spacial score (nSPS) is 33.1. The summed E-state index contributed by atoms with van der Waals surface area (Å²) >= 11 is 6.23. The van der Waals surface area contributed by atoms with Crippen molar-refractivity contribution < 1.29 is 0 Å². The van der Waals surface area contributed by atoms with Gasteiger partial charge >= 0.3 is 0 Å². The lowest BCUT2D eigenvalue weighted by atomic mass is 10.0. The van der Waals surface area contributed by atoms with E-state index >= 15 is 0 Å². The molecular weight excluding hydrogens is 248 g/mol. The van der Waals surface area contributed by atoms with E-state index in [0.29, 0.717) is 12.2 Å². The van der Waals surface area contributed by atoms with Gasteiger partial charge in [-0.3, -0.25) is 4.90 Å². The molecule has 5 heteroatoms. The van der Waals surface area contributed by atoms with Crippen LogP contribution < -0.4 is 16.6 Å². The third-order valence-corrected chi connectivity index (χ3v) is 4.20. The highest BCUT2D eigenvalue weighted by molar-refractivity contribution is 6.31. The maximum absolute atomic E-state index is 6.23. The van der Waals surface area contributed by atoms with Crippen LogP contribution in [0, 0.1) is 0 Å². The summed E-state index contributed by atoms with van der Waals surface area (Å²) in [5.41, 5.74) is 13.8.